The van der Waals surface area contributed by atoms with Crippen molar-refractivity contribution in [2.24, 2.45) is 0 Å². The first kappa shape index (κ1) is 18.7. The first-order valence-corrected chi connectivity index (χ1v) is 8.66. The summed E-state index contributed by atoms with van der Waals surface area (Å²) in [6.07, 6.45) is 0. The molecule has 0 aliphatic heterocycles. The molecule has 0 fully saturated rings. The molecule has 4 heteroatoms. The van der Waals surface area contributed by atoms with Gasteiger partial charge in [-0.2, -0.15) is 0 Å². The standard InChI is InChI=1S/C24H16N4/c1-24(2,3)15-10-11-18-19(12-15)23(21(14-26)28-5)17-9-7-6-8-16(17)22(18)20(13-25)27-4/h6-12H,1-3H3. The van der Waals surface area contributed by atoms with Crippen LogP contribution in [0, 0.1) is 35.8 Å². The molecular formula is C24H16N4. The van der Waals surface area contributed by atoms with Crippen molar-refractivity contribution in [2.75, 3.05) is 0 Å². The van der Waals surface area contributed by atoms with Gasteiger partial charge in [-0.25, -0.2) is 20.2 Å². The predicted octanol–water partition coefficient (Wildman–Crippen LogP) is 4.39. The van der Waals surface area contributed by atoms with Crippen molar-refractivity contribution in [2.45, 2.75) is 26.2 Å². The SMILES string of the molecule is [C-]#[N+]C(C#N)=c1c2ccccc2c(=C(C#N)[N+]#[C-])c2cc(C(C)(C)C)ccc12. The normalized spacial score (nSPS) is 13.1. The lowest BCUT2D eigenvalue weighted by Gasteiger charge is -2.20. The van der Waals surface area contributed by atoms with Crippen molar-refractivity contribution in [3.8, 4) is 12.1 Å². The van der Waals surface area contributed by atoms with E-state index in [-0.39, 0.29) is 16.8 Å². The fourth-order valence-corrected chi connectivity index (χ4v) is 3.43. The average molecular weight is 360 g/mol. The summed E-state index contributed by atoms with van der Waals surface area (Å²) in [5.74, 6) is 0. The average Bonchev–Trinajstić information content (AvgIpc) is 2.69. The Morgan fingerprint density at radius 3 is 1.68 bits per heavy atom. The molecule has 28 heavy (non-hydrogen) atoms. The summed E-state index contributed by atoms with van der Waals surface area (Å²) in [6.45, 7) is 21.2. The van der Waals surface area contributed by atoms with Crippen molar-refractivity contribution >= 4 is 32.9 Å². The summed E-state index contributed by atoms with van der Waals surface area (Å²) in [4.78, 5) is 6.89. The van der Waals surface area contributed by atoms with E-state index in [1.54, 1.807) is 0 Å². The van der Waals surface area contributed by atoms with Gasteiger partial charge in [0.25, 0.3) is 11.4 Å². The van der Waals surface area contributed by atoms with Gasteiger partial charge < -0.3 is 0 Å². The van der Waals surface area contributed by atoms with Gasteiger partial charge in [0.15, 0.2) is 0 Å². The second-order valence-corrected chi connectivity index (χ2v) is 7.45. The van der Waals surface area contributed by atoms with Crippen molar-refractivity contribution < 1.29 is 0 Å². The number of rotatable bonds is 0. The van der Waals surface area contributed by atoms with E-state index in [9.17, 15) is 10.5 Å². The Hall–Kier alpha value is -4.12. The first-order valence-electron chi connectivity index (χ1n) is 8.66. The van der Waals surface area contributed by atoms with E-state index in [4.69, 9.17) is 13.1 Å². The highest BCUT2D eigenvalue weighted by Gasteiger charge is 2.17. The van der Waals surface area contributed by atoms with E-state index >= 15 is 0 Å². The van der Waals surface area contributed by atoms with Crippen LogP contribution in [-0.4, -0.2) is 0 Å². The summed E-state index contributed by atoms with van der Waals surface area (Å²) >= 11 is 0. The third-order valence-electron chi connectivity index (χ3n) is 4.80. The van der Waals surface area contributed by atoms with E-state index in [0.29, 0.717) is 32.0 Å². The number of nitriles is 2. The van der Waals surface area contributed by atoms with Crippen molar-refractivity contribution in [1.29, 1.82) is 10.5 Å². The summed E-state index contributed by atoms with van der Waals surface area (Å²) in [5, 5.41) is 23.0. The number of hydrogen-bond donors (Lipinski definition) is 0. The fraction of sp³-hybridized carbons (Fsp3) is 0.167. The number of hydrogen-bond acceptors (Lipinski definition) is 2. The van der Waals surface area contributed by atoms with Crippen molar-refractivity contribution in [3.05, 3.63) is 81.3 Å². The summed E-state index contributed by atoms with van der Waals surface area (Å²) in [7, 11) is 0. The van der Waals surface area contributed by atoms with E-state index in [2.05, 4.69) is 30.5 Å². The van der Waals surface area contributed by atoms with Gasteiger partial charge in [-0.1, -0.05) is 63.2 Å². The molecule has 3 aromatic rings. The van der Waals surface area contributed by atoms with Crippen LogP contribution in [0.4, 0.5) is 0 Å². The monoisotopic (exact) mass is 360 g/mol. The Bertz CT molecular complexity index is 1390. The van der Waals surface area contributed by atoms with Crippen molar-refractivity contribution in [1.82, 2.24) is 0 Å². The molecule has 0 atom stereocenters. The second kappa shape index (κ2) is 6.89. The maximum Gasteiger partial charge on any atom is 0.270 e. The van der Waals surface area contributed by atoms with Crippen LogP contribution in [0.15, 0.2) is 42.5 Å². The summed E-state index contributed by atoms with van der Waals surface area (Å²) in [5.41, 5.74) is 0.910. The molecule has 0 unspecified atom stereocenters. The van der Waals surface area contributed by atoms with Gasteiger partial charge in [0, 0.05) is 10.4 Å². The zero-order chi connectivity index (χ0) is 20.5. The smallest absolute Gasteiger partial charge is 0.226 e. The molecule has 132 valence electrons. The Kier molecular flexibility index (Phi) is 4.59. The van der Waals surface area contributed by atoms with E-state index in [0.717, 1.165) is 5.56 Å². The highest BCUT2D eigenvalue weighted by Crippen LogP contribution is 2.26. The van der Waals surface area contributed by atoms with E-state index in [1.807, 2.05) is 54.6 Å². The fourth-order valence-electron chi connectivity index (χ4n) is 3.43. The molecule has 0 saturated heterocycles. The van der Waals surface area contributed by atoms with Crippen LogP contribution in [0.2, 0.25) is 0 Å². The molecule has 0 radical (unpaired) electrons. The largest absolute Gasteiger partial charge is 0.270 e. The molecule has 0 amide bonds. The first-order chi connectivity index (χ1) is 13.4. The minimum Gasteiger partial charge on any atom is -0.226 e. The van der Waals surface area contributed by atoms with E-state index < -0.39 is 0 Å². The van der Waals surface area contributed by atoms with Crippen LogP contribution in [0.3, 0.4) is 0 Å². The quantitative estimate of drug-likeness (QED) is 0.441. The molecule has 0 bridgehead atoms. The highest BCUT2D eigenvalue weighted by molar-refractivity contribution is 6.04. The highest BCUT2D eigenvalue weighted by atomic mass is 14.7. The Balaban J connectivity index is 2.89. The lowest BCUT2D eigenvalue weighted by molar-refractivity contribution is 0.591. The topological polar surface area (TPSA) is 56.3 Å². The van der Waals surface area contributed by atoms with Crippen LogP contribution >= 0.6 is 0 Å². The van der Waals surface area contributed by atoms with Gasteiger partial charge in [-0.15, -0.1) is 0 Å². The van der Waals surface area contributed by atoms with Crippen LogP contribution in [0.5, 0.6) is 0 Å². The number of nitrogens with zero attached hydrogens (tertiary/aromatic N) is 4. The van der Waals surface area contributed by atoms with Crippen LogP contribution in [0.25, 0.3) is 42.6 Å². The van der Waals surface area contributed by atoms with Gasteiger partial charge in [0.2, 0.25) is 0 Å². The molecule has 0 N–H and O–H groups in total. The molecule has 0 saturated carbocycles. The molecular weight excluding hydrogens is 344 g/mol. The lowest BCUT2D eigenvalue weighted by atomic mass is 9.84. The third-order valence-corrected chi connectivity index (χ3v) is 4.80. The summed E-state index contributed by atoms with van der Waals surface area (Å²) < 4.78 is 0. The molecule has 3 rings (SSSR count). The summed E-state index contributed by atoms with van der Waals surface area (Å²) in [6, 6.07) is 17.2. The molecule has 3 aromatic carbocycles. The molecule has 0 aliphatic rings. The lowest BCUT2D eigenvalue weighted by Crippen LogP contribution is -2.19. The molecule has 4 nitrogen and oxygen atoms in total. The van der Waals surface area contributed by atoms with Gasteiger partial charge in [0.05, 0.1) is 25.3 Å². The molecule has 0 spiro atoms. The van der Waals surface area contributed by atoms with Crippen LogP contribution < -0.4 is 10.4 Å². The maximum atomic E-state index is 9.59. The van der Waals surface area contributed by atoms with E-state index in [1.165, 1.54) is 0 Å². The third kappa shape index (κ3) is 2.85. The van der Waals surface area contributed by atoms with Crippen LogP contribution in [-0.2, 0) is 5.41 Å². The Morgan fingerprint density at radius 2 is 1.25 bits per heavy atom. The Labute approximate surface area is 163 Å². The number of fused-ring (bicyclic) bond motifs is 2. The van der Waals surface area contributed by atoms with Gasteiger partial charge in [-0.3, -0.25) is 0 Å². The number of benzene rings is 3. The Morgan fingerprint density at radius 1 is 0.786 bits per heavy atom. The maximum absolute atomic E-state index is 9.59. The minimum absolute atomic E-state index is 0.000120. The van der Waals surface area contributed by atoms with Crippen molar-refractivity contribution in [3.63, 3.8) is 0 Å². The molecule has 0 heterocycles. The predicted molar refractivity (Wildman–Crippen MR) is 111 cm³/mol. The zero-order valence-corrected chi connectivity index (χ0v) is 15.8. The van der Waals surface area contributed by atoms with Crippen LogP contribution in [0.1, 0.15) is 26.3 Å². The zero-order valence-electron chi connectivity index (χ0n) is 15.8. The van der Waals surface area contributed by atoms with Gasteiger partial charge in [0.1, 0.15) is 0 Å². The van der Waals surface area contributed by atoms with Gasteiger partial charge in [-0.05, 0) is 32.5 Å². The van der Waals surface area contributed by atoms with Gasteiger partial charge >= 0.3 is 0 Å². The second-order valence-electron chi connectivity index (χ2n) is 7.45. The molecule has 0 aromatic heterocycles. The molecule has 0 aliphatic carbocycles. The minimum atomic E-state index is -0.135.